The molecule has 1 heterocycles. The van der Waals surface area contributed by atoms with Gasteiger partial charge in [-0.25, -0.2) is 16.8 Å². The molecule has 5 nitrogen and oxygen atoms in total. The smallest absolute Gasteiger partial charge is 0.224 e. The lowest BCUT2D eigenvalue weighted by atomic mass is 9.91. The Balaban J connectivity index is 1.68. The number of benzene rings is 2. The van der Waals surface area contributed by atoms with Crippen LogP contribution in [0.4, 0.5) is 0 Å². The Kier molecular flexibility index (Phi) is 6.27. The van der Waals surface area contributed by atoms with Crippen LogP contribution >= 0.6 is 0 Å². The van der Waals surface area contributed by atoms with Crippen LogP contribution < -0.4 is 0 Å². The summed E-state index contributed by atoms with van der Waals surface area (Å²) in [5.41, 5.74) is 1.88. The minimum Gasteiger partial charge on any atom is -0.224 e. The minimum absolute atomic E-state index is 0.0365. The highest BCUT2D eigenvalue weighted by Gasteiger charge is 2.31. The second-order valence-corrected chi connectivity index (χ2v) is 11.5. The largest absolute Gasteiger partial charge is 0.243 e. The van der Waals surface area contributed by atoms with Gasteiger partial charge < -0.3 is 0 Å². The molecule has 2 aromatic carbocycles. The molecule has 2 aromatic rings. The maximum absolute atomic E-state index is 13.1. The number of nitrogens with zero attached hydrogens (tertiary/aromatic N) is 1. The average molecular weight is 422 g/mol. The van der Waals surface area contributed by atoms with E-state index in [0.717, 1.165) is 31.9 Å². The number of piperidine rings is 1. The van der Waals surface area contributed by atoms with E-state index in [1.165, 1.54) is 22.0 Å². The van der Waals surface area contributed by atoms with Crippen molar-refractivity contribution in [3.05, 3.63) is 59.7 Å². The van der Waals surface area contributed by atoms with Gasteiger partial charge in [-0.2, -0.15) is 4.31 Å². The Hall–Kier alpha value is -1.70. The molecule has 0 N–H and O–H groups in total. The first-order valence-electron chi connectivity index (χ1n) is 9.53. The third-order valence-corrected chi connectivity index (χ3v) is 8.61. The van der Waals surface area contributed by atoms with Gasteiger partial charge in [-0.15, -0.1) is 0 Å². The van der Waals surface area contributed by atoms with E-state index < -0.39 is 19.9 Å². The summed E-state index contributed by atoms with van der Waals surface area (Å²) >= 11 is 0. The fraction of sp³-hybridized carbons (Fsp3) is 0.429. The van der Waals surface area contributed by atoms with Crippen molar-refractivity contribution in [2.45, 2.75) is 42.4 Å². The molecule has 0 aliphatic carbocycles. The van der Waals surface area contributed by atoms with Crippen LogP contribution in [0.5, 0.6) is 0 Å². The minimum atomic E-state index is -3.70. The predicted octanol–water partition coefficient (Wildman–Crippen LogP) is 3.43. The zero-order valence-corrected chi connectivity index (χ0v) is 18.0. The van der Waals surface area contributed by atoms with Crippen LogP contribution in [-0.4, -0.2) is 40.5 Å². The molecule has 7 heteroatoms. The summed E-state index contributed by atoms with van der Waals surface area (Å²) in [6.07, 6.45) is 4.81. The molecule has 0 radical (unpaired) electrons. The maximum Gasteiger partial charge on any atom is 0.243 e. The highest BCUT2D eigenvalue weighted by atomic mass is 32.2. The third kappa shape index (κ3) is 4.82. The van der Waals surface area contributed by atoms with Gasteiger partial charge in [-0.3, -0.25) is 0 Å². The molecule has 3 rings (SSSR count). The molecule has 0 unspecified atom stereocenters. The second-order valence-electron chi connectivity index (χ2n) is 7.57. The topological polar surface area (TPSA) is 71.5 Å². The van der Waals surface area contributed by atoms with Gasteiger partial charge in [0.05, 0.1) is 9.79 Å². The van der Waals surface area contributed by atoms with Gasteiger partial charge in [0.25, 0.3) is 0 Å². The first-order valence-corrected chi connectivity index (χ1v) is 12.9. The molecule has 1 saturated heterocycles. The molecule has 0 bridgehead atoms. The van der Waals surface area contributed by atoms with Gasteiger partial charge in [-0.05, 0) is 61.8 Å². The molecule has 0 spiro atoms. The summed E-state index contributed by atoms with van der Waals surface area (Å²) < 4.78 is 51.4. The number of hydrogen-bond donors (Lipinski definition) is 0. The first kappa shape index (κ1) is 21.0. The van der Waals surface area contributed by atoms with Crippen molar-refractivity contribution >= 4 is 19.9 Å². The summed E-state index contributed by atoms with van der Waals surface area (Å²) in [6.45, 7) is 2.65. The van der Waals surface area contributed by atoms with E-state index >= 15 is 0 Å². The van der Waals surface area contributed by atoms with Gasteiger partial charge in [0.2, 0.25) is 10.0 Å². The Bertz CT molecular complexity index is 1020. The van der Waals surface area contributed by atoms with E-state index in [4.69, 9.17) is 0 Å². The number of rotatable bonds is 6. The zero-order chi connectivity index (χ0) is 20.4. The van der Waals surface area contributed by atoms with E-state index in [2.05, 4.69) is 12.1 Å². The highest BCUT2D eigenvalue weighted by molar-refractivity contribution is 7.91. The van der Waals surface area contributed by atoms with Crippen LogP contribution in [0.2, 0.25) is 0 Å². The summed E-state index contributed by atoms with van der Waals surface area (Å²) in [7, 11) is -7.16. The molecular weight excluding hydrogens is 394 g/mol. The van der Waals surface area contributed by atoms with Gasteiger partial charge in [0.15, 0.2) is 9.84 Å². The van der Waals surface area contributed by atoms with Crippen molar-refractivity contribution in [3.8, 4) is 0 Å². The van der Waals surface area contributed by atoms with Gasteiger partial charge >= 0.3 is 0 Å². The molecule has 0 saturated carbocycles. The van der Waals surface area contributed by atoms with E-state index in [-0.39, 0.29) is 9.79 Å². The first-order chi connectivity index (χ1) is 13.2. The number of hydrogen-bond acceptors (Lipinski definition) is 4. The second kappa shape index (κ2) is 8.35. The summed E-state index contributed by atoms with van der Waals surface area (Å²) in [5.74, 6) is 0.509. The standard InChI is InChI=1S/C21H27NO4S2/c1-17-8-11-20(27(2,23)24)16-21(17)28(25,26)22-14-12-19(13-15-22)10-9-18-6-4-3-5-7-18/h3-8,11,16,19H,9-10,12-15H2,1-2H3. The Morgan fingerprint density at radius 1 is 0.964 bits per heavy atom. The van der Waals surface area contributed by atoms with Crippen molar-refractivity contribution in [3.63, 3.8) is 0 Å². The summed E-state index contributed by atoms with van der Waals surface area (Å²) in [5, 5.41) is 0. The summed E-state index contributed by atoms with van der Waals surface area (Å²) in [6, 6.07) is 14.6. The molecule has 1 aliphatic heterocycles. The van der Waals surface area contributed by atoms with E-state index in [1.807, 2.05) is 18.2 Å². The lowest BCUT2D eigenvalue weighted by Gasteiger charge is -2.31. The fourth-order valence-corrected chi connectivity index (χ4v) is 6.12. The zero-order valence-electron chi connectivity index (χ0n) is 16.3. The fourth-order valence-electron chi connectivity index (χ4n) is 3.68. The van der Waals surface area contributed by atoms with Crippen molar-refractivity contribution in [1.29, 1.82) is 0 Å². The molecule has 0 amide bonds. The molecule has 1 fully saturated rings. The Morgan fingerprint density at radius 3 is 2.21 bits per heavy atom. The molecule has 0 atom stereocenters. The molecular formula is C21H27NO4S2. The Morgan fingerprint density at radius 2 is 1.61 bits per heavy atom. The quantitative estimate of drug-likeness (QED) is 0.716. The van der Waals surface area contributed by atoms with E-state index in [1.54, 1.807) is 13.0 Å². The van der Waals surface area contributed by atoms with Crippen LogP contribution in [0.25, 0.3) is 0 Å². The van der Waals surface area contributed by atoms with Crippen LogP contribution in [0.15, 0.2) is 58.3 Å². The third-order valence-electron chi connectivity index (χ3n) is 5.46. The van der Waals surface area contributed by atoms with Gasteiger partial charge in [-0.1, -0.05) is 36.4 Å². The van der Waals surface area contributed by atoms with Crippen molar-refractivity contribution in [1.82, 2.24) is 4.31 Å². The Labute approximate surface area is 168 Å². The number of aryl methyl sites for hydroxylation is 2. The average Bonchev–Trinajstić information content (AvgIpc) is 2.67. The van der Waals surface area contributed by atoms with Crippen molar-refractivity contribution in [2.24, 2.45) is 5.92 Å². The number of sulfone groups is 1. The van der Waals surface area contributed by atoms with Gasteiger partial charge in [0, 0.05) is 19.3 Å². The van der Waals surface area contributed by atoms with Crippen LogP contribution in [0.3, 0.4) is 0 Å². The van der Waals surface area contributed by atoms with Crippen molar-refractivity contribution in [2.75, 3.05) is 19.3 Å². The molecule has 28 heavy (non-hydrogen) atoms. The monoisotopic (exact) mass is 421 g/mol. The lowest BCUT2D eigenvalue weighted by molar-refractivity contribution is 0.263. The molecule has 0 aromatic heterocycles. The van der Waals surface area contributed by atoms with Crippen LogP contribution in [0.1, 0.15) is 30.4 Å². The van der Waals surface area contributed by atoms with Gasteiger partial charge in [0.1, 0.15) is 0 Å². The molecule has 152 valence electrons. The lowest BCUT2D eigenvalue weighted by Crippen LogP contribution is -2.38. The SMILES string of the molecule is Cc1ccc(S(C)(=O)=O)cc1S(=O)(=O)N1CCC(CCc2ccccc2)CC1. The highest BCUT2D eigenvalue weighted by Crippen LogP contribution is 2.29. The summed E-state index contributed by atoms with van der Waals surface area (Å²) in [4.78, 5) is 0.132. The maximum atomic E-state index is 13.1. The van der Waals surface area contributed by atoms with Crippen LogP contribution in [0, 0.1) is 12.8 Å². The van der Waals surface area contributed by atoms with E-state index in [9.17, 15) is 16.8 Å². The number of sulfonamides is 1. The normalized spacial score (nSPS) is 16.9. The van der Waals surface area contributed by atoms with Crippen LogP contribution in [-0.2, 0) is 26.3 Å². The van der Waals surface area contributed by atoms with Crippen molar-refractivity contribution < 1.29 is 16.8 Å². The predicted molar refractivity (Wildman–Crippen MR) is 111 cm³/mol. The molecule has 1 aliphatic rings. The van der Waals surface area contributed by atoms with E-state index in [0.29, 0.717) is 24.6 Å².